The predicted octanol–water partition coefficient (Wildman–Crippen LogP) is -0.392. The van der Waals surface area contributed by atoms with Crippen molar-refractivity contribution in [2.75, 3.05) is 78.5 Å². The Labute approximate surface area is 217 Å². The average molecular weight is 495 g/mol. The molecule has 3 fully saturated rings. The number of nitrogens with one attached hydrogen (secondary N) is 8. The molecular formula is C28H46N8. The van der Waals surface area contributed by atoms with Crippen molar-refractivity contribution in [2.24, 2.45) is 0 Å². The third-order valence-electron chi connectivity index (χ3n) is 7.24. The molecule has 0 aliphatic carbocycles. The molecule has 0 amide bonds. The molecule has 0 atom stereocenters. The maximum atomic E-state index is 3.90. The van der Waals surface area contributed by atoms with Gasteiger partial charge >= 0.3 is 0 Å². The summed E-state index contributed by atoms with van der Waals surface area (Å²) in [5, 5.41) is 30.2. The lowest BCUT2D eigenvalue weighted by molar-refractivity contribution is 0.253. The van der Waals surface area contributed by atoms with Gasteiger partial charge in [-0.25, -0.2) is 0 Å². The molecule has 198 valence electrons. The minimum atomic E-state index is -0.0783. The van der Waals surface area contributed by atoms with E-state index in [4.69, 9.17) is 0 Å². The van der Waals surface area contributed by atoms with Gasteiger partial charge in [0.05, 0.1) is 11.1 Å². The van der Waals surface area contributed by atoms with E-state index >= 15 is 0 Å². The molecule has 8 heteroatoms. The number of fused-ring (bicyclic) bond motifs is 15. The van der Waals surface area contributed by atoms with E-state index in [1.807, 2.05) is 0 Å². The molecule has 3 heterocycles. The van der Waals surface area contributed by atoms with Crippen molar-refractivity contribution in [3.8, 4) is 0 Å². The Morgan fingerprint density at radius 3 is 1.00 bits per heavy atom. The van der Waals surface area contributed by atoms with Gasteiger partial charge in [-0.3, -0.25) is 0 Å². The third-order valence-corrected chi connectivity index (χ3v) is 7.24. The van der Waals surface area contributed by atoms with E-state index in [2.05, 4.69) is 103 Å². The molecule has 2 aromatic carbocycles. The molecule has 0 radical (unpaired) electrons. The third kappa shape index (κ3) is 8.90. The van der Waals surface area contributed by atoms with Crippen LogP contribution in [0.4, 0.5) is 0 Å². The SMILES string of the molecule is c1ccc(CNC23CNCCNCC(NCc4ccccc4)(CNCCNC2)CNCCNC3)cc1. The predicted molar refractivity (Wildman–Crippen MR) is 149 cm³/mol. The highest BCUT2D eigenvalue weighted by atomic mass is 15.2. The normalized spacial score (nSPS) is 27.2. The molecule has 5 rings (SSSR count). The first kappa shape index (κ1) is 27.2. The summed E-state index contributed by atoms with van der Waals surface area (Å²) < 4.78 is 0. The fraction of sp³-hybridized carbons (Fsp3) is 0.571. The molecule has 0 aromatic heterocycles. The molecule has 36 heavy (non-hydrogen) atoms. The van der Waals surface area contributed by atoms with Gasteiger partial charge in [0, 0.05) is 91.6 Å². The Kier molecular flexibility index (Phi) is 11.1. The summed E-state index contributed by atoms with van der Waals surface area (Å²) in [6.45, 7) is 12.7. The molecule has 0 unspecified atom stereocenters. The van der Waals surface area contributed by atoms with Gasteiger partial charge in [-0.15, -0.1) is 0 Å². The summed E-state index contributed by atoms with van der Waals surface area (Å²) in [5.41, 5.74) is 2.47. The van der Waals surface area contributed by atoms with Gasteiger partial charge in [-0.05, 0) is 11.1 Å². The Balaban J connectivity index is 1.44. The fourth-order valence-corrected chi connectivity index (χ4v) is 5.02. The molecule has 3 aliphatic rings. The Hall–Kier alpha value is -1.88. The molecule has 3 saturated heterocycles. The van der Waals surface area contributed by atoms with Gasteiger partial charge in [-0.1, -0.05) is 60.7 Å². The monoisotopic (exact) mass is 494 g/mol. The average Bonchev–Trinajstić information content (AvgIpc) is 2.92. The lowest BCUT2D eigenvalue weighted by Gasteiger charge is -2.39. The zero-order valence-electron chi connectivity index (χ0n) is 21.7. The first-order chi connectivity index (χ1) is 17.8. The van der Waals surface area contributed by atoms with E-state index in [9.17, 15) is 0 Å². The Morgan fingerprint density at radius 1 is 0.444 bits per heavy atom. The van der Waals surface area contributed by atoms with Crippen LogP contribution in [0.5, 0.6) is 0 Å². The van der Waals surface area contributed by atoms with Crippen LogP contribution in [0.15, 0.2) is 60.7 Å². The summed E-state index contributed by atoms with van der Waals surface area (Å²) >= 11 is 0. The molecule has 3 aliphatic heterocycles. The smallest absolute Gasteiger partial charge is 0.0561 e. The molecule has 0 saturated carbocycles. The van der Waals surface area contributed by atoms with E-state index in [1.54, 1.807) is 0 Å². The Morgan fingerprint density at radius 2 is 0.722 bits per heavy atom. The van der Waals surface area contributed by atoms with Crippen LogP contribution >= 0.6 is 0 Å². The standard InChI is InChI=1S/C28H46N8/c1-3-7-25(8-4-1)17-35-27-19-29-11-14-32-22-28(23-33-15-12-30-20-27,24-34-16-13-31-21-27)36-18-26-9-5-2-6-10-26/h1-10,29-36H,11-24H2. The van der Waals surface area contributed by atoms with E-state index < -0.39 is 0 Å². The van der Waals surface area contributed by atoms with E-state index in [-0.39, 0.29) is 11.1 Å². The molecule has 2 aromatic rings. The minimum absolute atomic E-state index is 0.0783. The molecule has 0 spiro atoms. The van der Waals surface area contributed by atoms with Gasteiger partial charge in [0.2, 0.25) is 0 Å². The zero-order chi connectivity index (χ0) is 24.8. The quantitative estimate of drug-likeness (QED) is 0.275. The van der Waals surface area contributed by atoms with Gasteiger partial charge in [0.25, 0.3) is 0 Å². The van der Waals surface area contributed by atoms with Gasteiger partial charge < -0.3 is 42.5 Å². The van der Waals surface area contributed by atoms with Crippen LogP contribution in [0, 0.1) is 0 Å². The maximum absolute atomic E-state index is 3.90. The van der Waals surface area contributed by atoms with E-state index in [0.29, 0.717) is 0 Å². The lowest BCUT2D eigenvalue weighted by atomic mass is 9.96. The van der Waals surface area contributed by atoms with Crippen LogP contribution in [0.2, 0.25) is 0 Å². The van der Waals surface area contributed by atoms with Crippen LogP contribution in [-0.4, -0.2) is 89.6 Å². The second kappa shape index (κ2) is 14.8. The van der Waals surface area contributed by atoms with Crippen molar-refractivity contribution in [2.45, 2.75) is 24.2 Å². The van der Waals surface area contributed by atoms with Crippen molar-refractivity contribution in [1.82, 2.24) is 42.5 Å². The van der Waals surface area contributed by atoms with Crippen molar-refractivity contribution in [1.29, 1.82) is 0 Å². The van der Waals surface area contributed by atoms with Crippen LogP contribution in [-0.2, 0) is 13.1 Å². The molecule has 8 N–H and O–H groups in total. The van der Waals surface area contributed by atoms with Crippen LogP contribution < -0.4 is 42.5 Å². The number of hydrogen-bond donors (Lipinski definition) is 8. The second-order valence-corrected chi connectivity index (χ2v) is 10.3. The maximum Gasteiger partial charge on any atom is 0.0561 e. The number of benzene rings is 2. The van der Waals surface area contributed by atoms with Gasteiger partial charge in [0.15, 0.2) is 0 Å². The minimum Gasteiger partial charge on any atom is -0.314 e. The number of rotatable bonds is 6. The van der Waals surface area contributed by atoms with Crippen molar-refractivity contribution in [3.05, 3.63) is 71.8 Å². The summed E-state index contributed by atoms with van der Waals surface area (Å²) in [6, 6.07) is 21.4. The summed E-state index contributed by atoms with van der Waals surface area (Å²) in [7, 11) is 0. The van der Waals surface area contributed by atoms with Crippen molar-refractivity contribution in [3.63, 3.8) is 0 Å². The summed E-state index contributed by atoms with van der Waals surface area (Å²) in [4.78, 5) is 0. The van der Waals surface area contributed by atoms with Crippen molar-refractivity contribution >= 4 is 0 Å². The van der Waals surface area contributed by atoms with E-state index in [1.165, 1.54) is 11.1 Å². The summed E-state index contributed by atoms with van der Waals surface area (Å²) in [5.74, 6) is 0. The highest BCUT2D eigenvalue weighted by Gasteiger charge is 2.31. The van der Waals surface area contributed by atoms with Gasteiger partial charge in [-0.2, -0.15) is 0 Å². The topological polar surface area (TPSA) is 96.2 Å². The lowest BCUT2D eigenvalue weighted by Crippen LogP contribution is -2.66. The van der Waals surface area contributed by atoms with Crippen LogP contribution in [0.1, 0.15) is 11.1 Å². The molecular weight excluding hydrogens is 448 g/mol. The van der Waals surface area contributed by atoms with Crippen molar-refractivity contribution < 1.29 is 0 Å². The second-order valence-electron chi connectivity index (χ2n) is 10.3. The largest absolute Gasteiger partial charge is 0.314 e. The Bertz CT molecular complexity index is 732. The highest BCUT2D eigenvalue weighted by Crippen LogP contribution is 2.08. The number of hydrogen-bond acceptors (Lipinski definition) is 8. The van der Waals surface area contributed by atoms with Gasteiger partial charge in [0.1, 0.15) is 0 Å². The first-order valence-electron chi connectivity index (χ1n) is 13.6. The molecule has 2 bridgehead atoms. The summed E-state index contributed by atoms with van der Waals surface area (Å²) in [6.07, 6.45) is 0. The van der Waals surface area contributed by atoms with E-state index in [0.717, 1.165) is 91.6 Å². The fourth-order valence-electron chi connectivity index (χ4n) is 5.02. The highest BCUT2D eigenvalue weighted by molar-refractivity contribution is 5.16. The first-order valence-corrected chi connectivity index (χ1v) is 13.6. The molecule has 8 nitrogen and oxygen atoms in total. The zero-order valence-corrected chi connectivity index (χ0v) is 21.7. The van der Waals surface area contributed by atoms with Crippen LogP contribution in [0.3, 0.4) is 0 Å². The van der Waals surface area contributed by atoms with Crippen LogP contribution in [0.25, 0.3) is 0 Å².